The Morgan fingerprint density at radius 1 is 1.00 bits per heavy atom. The van der Waals surface area contributed by atoms with E-state index >= 15 is 0 Å². The summed E-state index contributed by atoms with van der Waals surface area (Å²) < 4.78 is 0. The highest BCUT2D eigenvalue weighted by Crippen LogP contribution is 2.06. The van der Waals surface area contributed by atoms with Gasteiger partial charge in [0.05, 0.1) is 6.42 Å². The molecule has 2 amide bonds. The van der Waals surface area contributed by atoms with Crippen LogP contribution in [0.3, 0.4) is 0 Å². The Labute approximate surface area is 106 Å². The maximum absolute atomic E-state index is 12.0. The first-order chi connectivity index (χ1) is 8.66. The Hall–Kier alpha value is -2.04. The van der Waals surface area contributed by atoms with E-state index in [0.29, 0.717) is 32.6 Å². The molecule has 1 N–H and O–H groups in total. The standard InChI is InChI=1S/C13H16N2O3/c16-12(10-11-4-2-1-3-5-11)14-6-8-15(9-7-14)13(17)18/h1-5H,6-10H2,(H,17,18). The van der Waals surface area contributed by atoms with Crippen molar-refractivity contribution in [2.24, 2.45) is 0 Å². The summed E-state index contributed by atoms with van der Waals surface area (Å²) in [5, 5.41) is 8.82. The molecular formula is C13H16N2O3. The summed E-state index contributed by atoms with van der Waals surface area (Å²) in [7, 11) is 0. The van der Waals surface area contributed by atoms with E-state index in [1.807, 2.05) is 30.3 Å². The lowest BCUT2D eigenvalue weighted by Gasteiger charge is -2.33. The Balaban J connectivity index is 1.86. The van der Waals surface area contributed by atoms with E-state index in [0.717, 1.165) is 5.56 Å². The monoisotopic (exact) mass is 248 g/mol. The van der Waals surface area contributed by atoms with Crippen LogP contribution in [0.15, 0.2) is 30.3 Å². The maximum Gasteiger partial charge on any atom is 0.407 e. The third-order valence-corrected chi connectivity index (χ3v) is 3.10. The summed E-state index contributed by atoms with van der Waals surface area (Å²) in [6.07, 6.45) is -0.529. The van der Waals surface area contributed by atoms with Crippen molar-refractivity contribution in [2.75, 3.05) is 26.2 Å². The fraction of sp³-hybridized carbons (Fsp3) is 0.385. The summed E-state index contributed by atoms with van der Waals surface area (Å²) in [4.78, 5) is 25.8. The summed E-state index contributed by atoms with van der Waals surface area (Å²) >= 11 is 0. The summed E-state index contributed by atoms with van der Waals surface area (Å²) in [6.45, 7) is 1.77. The summed E-state index contributed by atoms with van der Waals surface area (Å²) in [6, 6.07) is 9.58. The zero-order valence-electron chi connectivity index (χ0n) is 10.1. The van der Waals surface area contributed by atoms with Crippen molar-refractivity contribution in [2.45, 2.75) is 6.42 Å². The molecule has 1 saturated heterocycles. The number of carbonyl (C=O) groups excluding carboxylic acids is 1. The van der Waals surface area contributed by atoms with Crippen molar-refractivity contribution < 1.29 is 14.7 Å². The molecule has 1 aromatic rings. The number of piperazine rings is 1. The smallest absolute Gasteiger partial charge is 0.407 e. The van der Waals surface area contributed by atoms with Gasteiger partial charge in [-0.05, 0) is 5.56 Å². The van der Waals surface area contributed by atoms with E-state index in [2.05, 4.69) is 0 Å². The highest BCUT2D eigenvalue weighted by Gasteiger charge is 2.23. The Morgan fingerprint density at radius 3 is 2.11 bits per heavy atom. The third-order valence-electron chi connectivity index (χ3n) is 3.10. The van der Waals surface area contributed by atoms with Crippen LogP contribution in [0.25, 0.3) is 0 Å². The minimum Gasteiger partial charge on any atom is -0.465 e. The van der Waals surface area contributed by atoms with Crippen LogP contribution in [0, 0.1) is 0 Å². The minimum absolute atomic E-state index is 0.0613. The van der Waals surface area contributed by atoms with Gasteiger partial charge in [-0.2, -0.15) is 0 Å². The van der Waals surface area contributed by atoms with Gasteiger partial charge in [0.2, 0.25) is 5.91 Å². The van der Waals surface area contributed by atoms with Gasteiger partial charge in [0, 0.05) is 26.2 Å². The van der Waals surface area contributed by atoms with Crippen molar-refractivity contribution in [3.05, 3.63) is 35.9 Å². The molecule has 0 saturated carbocycles. The molecule has 0 spiro atoms. The Morgan fingerprint density at radius 2 is 1.56 bits per heavy atom. The van der Waals surface area contributed by atoms with Crippen molar-refractivity contribution in [3.63, 3.8) is 0 Å². The molecule has 18 heavy (non-hydrogen) atoms. The van der Waals surface area contributed by atoms with Gasteiger partial charge >= 0.3 is 6.09 Å². The van der Waals surface area contributed by atoms with Gasteiger partial charge in [-0.1, -0.05) is 30.3 Å². The normalized spacial score (nSPS) is 15.6. The van der Waals surface area contributed by atoms with Gasteiger partial charge in [-0.25, -0.2) is 4.79 Å². The van der Waals surface area contributed by atoms with E-state index in [4.69, 9.17) is 5.11 Å². The van der Waals surface area contributed by atoms with Crippen LogP contribution in [0.2, 0.25) is 0 Å². The molecule has 0 aromatic heterocycles. The number of benzene rings is 1. The molecule has 5 nitrogen and oxygen atoms in total. The molecule has 0 unspecified atom stereocenters. The van der Waals surface area contributed by atoms with Crippen molar-refractivity contribution >= 4 is 12.0 Å². The number of amides is 2. The van der Waals surface area contributed by atoms with Crippen molar-refractivity contribution in [1.82, 2.24) is 9.80 Å². The van der Waals surface area contributed by atoms with E-state index in [1.54, 1.807) is 4.90 Å². The quantitative estimate of drug-likeness (QED) is 0.851. The highest BCUT2D eigenvalue weighted by atomic mass is 16.4. The lowest BCUT2D eigenvalue weighted by Crippen LogP contribution is -2.50. The predicted octanol–water partition coefficient (Wildman–Crippen LogP) is 1.05. The molecule has 5 heteroatoms. The summed E-state index contributed by atoms with van der Waals surface area (Å²) in [5.41, 5.74) is 0.989. The maximum atomic E-state index is 12.0. The molecule has 0 atom stereocenters. The van der Waals surface area contributed by atoms with Gasteiger partial charge in [0.1, 0.15) is 0 Å². The lowest BCUT2D eigenvalue weighted by molar-refractivity contribution is -0.132. The minimum atomic E-state index is -0.912. The van der Waals surface area contributed by atoms with Crippen LogP contribution in [0.5, 0.6) is 0 Å². The Kier molecular flexibility index (Phi) is 3.82. The van der Waals surface area contributed by atoms with Crippen molar-refractivity contribution in [1.29, 1.82) is 0 Å². The molecule has 0 radical (unpaired) electrons. The van der Waals surface area contributed by atoms with Crippen molar-refractivity contribution in [3.8, 4) is 0 Å². The molecular weight excluding hydrogens is 232 g/mol. The molecule has 1 aliphatic rings. The average molecular weight is 248 g/mol. The first kappa shape index (κ1) is 12.4. The van der Waals surface area contributed by atoms with E-state index < -0.39 is 6.09 Å². The van der Waals surface area contributed by atoms with Gasteiger partial charge in [-0.3, -0.25) is 4.79 Å². The number of hydrogen-bond acceptors (Lipinski definition) is 2. The molecule has 2 rings (SSSR count). The second-order valence-corrected chi connectivity index (χ2v) is 4.31. The first-order valence-electron chi connectivity index (χ1n) is 5.96. The molecule has 1 heterocycles. The fourth-order valence-corrected chi connectivity index (χ4v) is 2.03. The average Bonchev–Trinajstić information content (AvgIpc) is 2.40. The van der Waals surface area contributed by atoms with Gasteiger partial charge in [0.25, 0.3) is 0 Å². The van der Waals surface area contributed by atoms with Crippen LogP contribution in [0.4, 0.5) is 4.79 Å². The molecule has 0 aliphatic carbocycles. The van der Waals surface area contributed by atoms with Crippen LogP contribution < -0.4 is 0 Å². The van der Waals surface area contributed by atoms with Gasteiger partial charge in [0.15, 0.2) is 0 Å². The SMILES string of the molecule is O=C(O)N1CCN(C(=O)Cc2ccccc2)CC1. The third kappa shape index (κ3) is 3.00. The van der Waals surface area contributed by atoms with E-state index in [1.165, 1.54) is 4.90 Å². The van der Waals surface area contributed by atoms with Gasteiger partial charge < -0.3 is 14.9 Å². The fourth-order valence-electron chi connectivity index (χ4n) is 2.03. The topological polar surface area (TPSA) is 60.9 Å². The second kappa shape index (κ2) is 5.53. The molecule has 1 aromatic carbocycles. The predicted molar refractivity (Wildman–Crippen MR) is 66.3 cm³/mol. The number of carbonyl (C=O) groups is 2. The van der Waals surface area contributed by atoms with Gasteiger partial charge in [-0.15, -0.1) is 0 Å². The molecule has 96 valence electrons. The van der Waals surface area contributed by atoms with E-state index in [9.17, 15) is 9.59 Å². The van der Waals surface area contributed by atoms with Crippen LogP contribution >= 0.6 is 0 Å². The van der Waals surface area contributed by atoms with E-state index in [-0.39, 0.29) is 5.91 Å². The summed E-state index contributed by atoms with van der Waals surface area (Å²) in [5.74, 6) is 0.0613. The lowest BCUT2D eigenvalue weighted by atomic mass is 10.1. The zero-order chi connectivity index (χ0) is 13.0. The number of hydrogen-bond donors (Lipinski definition) is 1. The number of rotatable bonds is 2. The molecule has 1 fully saturated rings. The molecule has 1 aliphatic heterocycles. The molecule has 0 bridgehead atoms. The highest BCUT2D eigenvalue weighted by molar-refractivity contribution is 5.79. The second-order valence-electron chi connectivity index (χ2n) is 4.31. The van der Waals surface area contributed by atoms with Crippen LogP contribution in [-0.2, 0) is 11.2 Å². The number of nitrogens with zero attached hydrogens (tertiary/aromatic N) is 2. The van der Waals surface area contributed by atoms with Crippen LogP contribution in [0.1, 0.15) is 5.56 Å². The Bertz CT molecular complexity index is 425. The zero-order valence-corrected chi connectivity index (χ0v) is 10.1. The largest absolute Gasteiger partial charge is 0.465 e. The van der Waals surface area contributed by atoms with Crippen LogP contribution in [-0.4, -0.2) is 53.1 Å². The number of carboxylic acid groups (broad SMARTS) is 1. The first-order valence-corrected chi connectivity index (χ1v) is 5.96.